The Morgan fingerprint density at radius 2 is 1.76 bits per heavy atom. The second kappa shape index (κ2) is 10.4. The standard InChI is InChI=1S/C28H27NO7.W.Y/c1-11-6-12(2)16-9-14-8-15-10-18-22(29(4)5)25(33)19(13(3)30)26(34)28(18,36)27(35)21(15)24(32)20(14)23(31)17(16)7-11;;/h7,15,18,22,31-32,34,36H,8,10H2,1-5H3;;/q-2;;/t15-,18-,22-,28+;;/m0../s1. The van der Waals surface area contributed by atoms with Crippen LogP contribution in [0, 0.1) is 37.8 Å². The molecule has 4 atom stereocenters. The van der Waals surface area contributed by atoms with Crippen LogP contribution in [0.15, 0.2) is 23.0 Å². The molecule has 1 radical (unpaired) electrons. The van der Waals surface area contributed by atoms with Crippen molar-refractivity contribution in [3.8, 4) is 5.75 Å². The third-order valence-electron chi connectivity index (χ3n) is 7.88. The predicted octanol–water partition coefficient (Wildman–Crippen LogP) is 2.43. The Morgan fingerprint density at radius 1 is 1.13 bits per heavy atom. The van der Waals surface area contributed by atoms with E-state index in [-0.39, 0.29) is 83.5 Å². The van der Waals surface area contributed by atoms with Crippen molar-refractivity contribution in [3.63, 3.8) is 0 Å². The normalized spacial score (nSPS) is 26.4. The van der Waals surface area contributed by atoms with Crippen molar-refractivity contribution in [1.29, 1.82) is 0 Å². The number of fused-ring (bicyclic) bond motifs is 4. The number of benzene rings is 2. The molecule has 0 aromatic heterocycles. The number of phenols is 1. The minimum Gasteiger partial charge on any atom is -0.528 e. The number of likely N-dealkylation sites (N-methyl/N-ethyl adjacent to an activating group) is 1. The van der Waals surface area contributed by atoms with Crippen molar-refractivity contribution in [2.45, 2.75) is 45.3 Å². The summed E-state index contributed by atoms with van der Waals surface area (Å²) in [5.41, 5.74) is -1.19. The number of hydrogen-bond acceptors (Lipinski definition) is 8. The van der Waals surface area contributed by atoms with Crippen LogP contribution in [-0.4, -0.2) is 68.4 Å². The topological polar surface area (TPSA) is 135 Å². The van der Waals surface area contributed by atoms with Gasteiger partial charge in [-0.05, 0) is 45.3 Å². The number of rotatable bonds is 2. The zero-order valence-electron chi connectivity index (χ0n) is 21.7. The zero-order chi connectivity index (χ0) is 26.4. The van der Waals surface area contributed by atoms with Crippen LogP contribution in [0.4, 0.5) is 0 Å². The van der Waals surface area contributed by atoms with Crippen molar-refractivity contribution in [2.75, 3.05) is 14.1 Å². The number of carbonyl (C=O) groups excluding carboxylic acids is 3. The molecule has 0 bridgehead atoms. The van der Waals surface area contributed by atoms with Gasteiger partial charge < -0.3 is 20.4 Å². The van der Waals surface area contributed by atoms with Gasteiger partial charge in [-0.2, -0.15) is 10.9 Å². The van der Waals surface area contributed by atoms with Crippen molar-refractivity contribution >= 4 is 33.9 Å². The Hall–Kier alpha value is -1.70. The minimum atomic E-state index is -2.57. The van der Waals surface area contributed by atoms with Crippen LogP contribution in [0.1, 0.15) is 35.6 Å². The van der Waals surface area contributed by atoms with E-state index < -0.39 is 57.9 Å². The largest absolute Gasteiger partial charge is 0.528 e. The second-order valence-corrected chi connectivity index (χ2v) is 10.3. The van der Waals surface area contributed by atoms with Crippen LogP contribution in [0.25, 0.3) is 16.5 Å². The molecule has 197 valence electrons. The van der Waals surface area contributed by atoms with Crippen molar-refractivity contribution in [3.05, 3.63) is 57.4 Å². The summed E-state index contributed by atoms with van der Waals surface area (Å²) < 4.78 is 0. The van der Waals surface area contributed by atoms with E-state index >= 15 is 0 Å². The molecule has 0 spiro atoms. The summed E-state index contributed by atoms with van der Waals surface area (Å²) in [5.74, 6) is -5.72. The molecule has 1 saturated carbocycles. The van der Waals surface area contributed by atoms with Gasteiger partial charge in [0, 0.05) is 71.0 Å². The Bertz CT molecular complexity index is 1480. The number of hydrogen-bond donors (Lipinski definition) is 4. The number of nitrogens with zero attached hydrogens (tertiary/aromatic N) is 1. The third-order valence-corrected chi connectivity index (χ3v) is 7.88. The number of Topliss-reactive ketones (excluding diaryl/α,β-unsaturated/α-hetero) is 3. The van der Waals surface area contributed by atoms with Crippen LogP contribution >= 0.6 is 0 Å². The first-order valence-corrected chi connectivity index (χ1v) is 11.8. The molecule has 0 heterocycles. The number of carbonyl (C=O) groups is 3. The summed E-state index contributed by atoms with van der Waals surface area (Å²) >= 11 is 0. The number of aliphatic hydroxyl groups is 3. The fourth-order valence-corrected chi connectivity index (χ4v) is 6.37. The van der Waals surface area contributed by atoms with Gasteiger partial charge in [0.2, 0.25) is 5.78 Å². The van der Waals surface area contributed by atoms with Crippen LogP contribution < -0.4 is 0 Å². The van der Waals surface area contributed by atoms with Crippen LogP contribution in [0.5, 0.6) is 5.75 Å². The second-order valence-electron chi connectivity index (χ2n) is 10.3. The molecule has 0 aliphatic heterocycles. The maximum atomic E-state index is 13.9. The van der Waals surface area contributed by atoms with Gasteiger partial charge in [-0.3, -0.25) is 19.3 Å². The molecule has 3 aliphatic carbocycles. The molecule has 10 heteroatoms. The maximum Gasteiger partial charge on any atom is 0.201 e. The molecular formula is C28H27NO7WY-2. The SMILES string of the molecule is CC(=O)C1=C(O)[C@@]2(O)C(=O)C3=C(O)c4c([c-]c5c(C)[c-]c(C)cc5c4O)C[C@H]3C[C@H]2[C@H](N(C)C)C1=O.[W].[Y]. The molecule has 38 heavy (non-hydrogen) atoms. The quantitative estimate of drug-likeness (QED) is 0.271. The van der Waals surface area contributed by atoms with Crippen molar-refractivity contribution in [2.24, 2.45) is 11.8 Å². The van der Waals surface area contributed by atoms with E-state index in [4.69, 9.17) is 0 Å². The Balaban J connectivity index is 0.00000200. The van der Waals surface area contributed by atoms with Gasteiger partial charge in [0.1, 0.15) is 11.3 Å². The van der Waals surface area contributed by atoms with Crippen molar-refractivity contribution in [1.82, 2.24) is 4.90 Å². The fraction of sp³-hybridized carbons (Fsp3) is 0.393. The Morgan fingerprint density at radius 3 is 2.34 bits per heavy atom. The van der Waals surface area contributed by atoms with Gasteiger partial charge in [-0.1, -0.05) is 13.8 Å². The van der Waals surface area contributed by atoms with E-state index in [1.165, 1.54) is 4.90 Å². The van der Waals surface area contributed by atoms with Crippen LogP contribution in [0.3, 0.4) is 0 Å². The smallest absolute Gasteiger partial charge is 0.201 e. The maximum absolute atomic E-state index is 13.9. The van der Waals surface area contributed by atoms with Crippen LogP contribution in [0.2, 0.25) is 0 Å². The van der Waals surface area contributed by atoms with Gasteiger partial charge >= 0.3 is 0 Å². The number of phenolic OH excluding ortho intramolecular Hbond substituents is 1. The Kier molecular flexibility index (Phi) is 8.41. The molecule has 0 amide bonds. The summed E-state index contributed by atoms with van der Waals surface area (Å²) in [6.45, 7) is 4.76. The van der Waals surface area contributed by atoms with Crippen LogP contribution in [-0.2, 0) is 74.6 Å². The molecule has 5 rings (SSSR count). The minimum absolute atomic E-state index is 0. The predicted molar refractivity (Wildman–Crippen MR) is 130 cm³/mol. The first-order chi connectivity index (χ1) is 16.8. The van der Waals surface area contributed by atoms with Gasteiger partial charge in [-0.25, -0.2) is 29.1 Å². The van der Waals surface area contributed by atoms with E-state index in [1.807, 2.05) is 13.8 Å². The fourth-order valence-electron chi connectivity index (χ4n) is 6.37. The average Bonchev–Trinajstić information content (AvgIpc) is 2.76. The van der Waals surface area contributed by atoms with Gasteiger partial charge in [0.15, 0.2) is 17.2 Å². The summed E-state index contributed by atoms with van der Waals surface area (Å²) in [6, 6.07) is 7.16. The van der Waals surface area contributed by atoms with E-state index in [9.17, 15) is 34.8 Å². The third kappa shape index (κ3) is 4.10. The van der Waals surface area contributed by atoms with E-state index in [2.05, 4.69) is 12.1 Å². The number of aliphatic hydroxyl groups excluding tert-OH is 2. The van der Waals surface area contributed by atoms with E-state index in [0.29, 0.717) is 16.3 Å². The molecule has 3 aliphatic rings. The van der Waals surface area contributed by atoms with Gasteiger partial charge in [-0.15, -0.1) is 5.56 Å². The number of aromatic hydroxyl groups is 1. The molecule has 2 aromatic carbocycles. The number of aryl methyl sites for hydroxylation is 2. The summed E-state index contributed by atoms with van der Waals surface area (Å²) in [6.07, 6.45) is 0.304. The van der Waals surface area contributed by atoms with E-state index in [0.717, 1.165) is 18.1 Å². The van der Waals surface area contributed by atoms with Gasteiger partial charge in [0.05, 0.1) is 11.8 Å². The number of ketones is 3. The molecule has 1 fully saturated rings. The summed E-state index contributed by atoms with van der Waals surface area (Å²) in [4.78, 5) is 40.9. The average molecular weight is 762 g/mol. The molecule has 4 N–H and O–H groups in total. The summed E-state index contributed by atoms with van der Waals surface area (Å²) in [7, 11) is 3.21. The molecule has 2 aromatic rings. The monoisotopic (exact) mass is 762 g/mol. The summed E-state index contributed by atoms with van der Waals surface area (Å²) in [5, 5.41) is 46.2. The van der Waals surface area contributed by atoms with Gasteiger partial charge in [0.25, 0.3) is 0 Å². The first kappa shape index (κ1) is 30.8. The van der Waals surface area contributed by atoms with Crippen molar-refractivity contribution < 1.29 is 88.6 Å². The van der Waals surface area contributed by atoms with E-state index in [1.54, 1.807) is 20.2 Å². The first-order valence-electron chi connectivity index (χ1n) is 11.8. The molecule has 8 nitrogen and oxygen atoms in total. The molecular weight excluding hydrogens is 735 g/mol. The molecule has 0 unspecified atom stereocenters. The Labute approximate surface area is 259 Å². The zero-order valence-corrected chi connectivity index (χ0v) is 27.4. The molecule has 0 saturated heterocycles.